The minimum atomic E-state index is 0.198. The molecule has 0 saturated carbocycles. The zero-order valence-corrected chi connectivity index (χ0v) is 22.4. The van der Waals surface area contributed by atoms with Crippen molar-refractivity contribution in [1.82, 2.24) is 20.3 Å². The van der Waals surface area contributed by atoms with Gasteiger partial charge in [0.05, 0.1) is 15.0 Å². The number of H-pyrrole nitrogens is 3. The van der Waals surface area contributed by atoms with Crippen molar-refractivity contribution in [3.63, 3.8) is 0 Å². The normalized spacial score (nSPS) is 20.7. The summed E-state index contributed by atoms with van der Waals surface area (Å²) in [5.41, 5.74) is 1.53. The molecule has 3 aromatic heterocycles. The quantitative estimate of drug-likeness (QED) is 0.199. The van der Waals surface area contributed by atoms with Gasteiger partial charge in [-0.05, 0) is 69.4 Å². The second-order valence-corrected chi connectivity index (χ2v) is 10.9. The first-order valence-electron chi connectivity index (χ1n) is 8.09. The molecule has 2 unspecified atom stereocenters. The summed E-state index contributed by atoms with van der Waals surface area (Å²) in [4.78, 5) is 28.7. The predicted molar refractivity (Wildman–Crippen MR) is 142 cm³/mol. The Hall–Kier alpha value is -0.500. The molecule has 142 valence electrons. The number of aromatic amines is 3. The van der Waals surface area contributed by atoms with Gasteiger partial charge in [0.15, 0.2) is 0 Å². The molecule has 8 nitrogen and oxygen atoms in total. The lowest BCUT2D eigenvalue weighted by Gasteiger charge is -2.02. The van der Waals surface area contributed by atoms with E-state index in [0.717, 1.165) is 53.1 Å². The molecule has 5 rings (SSSR count). The predicted octanol–water partition coefficient (Wildman–Crippen LogP) is 4.07. The molecule has 1 saturated heterocycles. The van der Waals surface area contributed by atoms with Crippen molar-refractivity contribution in [3.05, 3.63) is 42.4 Å². The Labute approximate surface area is 213 Å². The Balaban J connectivity index is 1.76. The number of aromatic nitrogens is 3. The van der Waals surface area contributed by atoms with Gasteiger partial charge < -0.3 is 20.3 Å². The third kappa shape index (κ3) is 3.57. The van der Waals surface area contributed by atoms with Crippen molar-refractivity contribution in [3.8, 4) is 0 Å². The largest absolute Gasteiger partial charge is 0.330 e. The number of halogens is 4. The summed E-state index contributed by atoms with van der Waals surface area (Å²) in [6, 6.07) is 7.69. The second kappa shape index (κ2) is 7.64. The van der Waals surface area contributed by atoms with Gasteiger partial charge in [0.1, 0.15) is 45.9 Å². The monoisotopic (exact) mass is 822 g/mol. The molecular weight excluding hydrogens is 812 g/mol. The molecular formula is C16H10I4N8. The number of alkyl halides is 2. The van der Waals surface area contributed by atoms with Gasteiger partial charge in [-0.25, -0.2) is 20.0 Å². The Kier molecular flexibility index (Phi) is 5.31. The smallest absolute Gasteiger partial charge is 0.148 e. The van der Waals surface area contributed by atoms with Crippen LogP contribution in [-0.4, -0.2) is 34.5 Å². The van der Waals surface area contributed by atoms with Crippen LogP contribution in [0.25, 0.3) is 0 Å². The van der Waals surface area contributed by atoms with E-state index in [-0.39, 0.29) is 7.85 Å². The number of hydrogen-bond acceptors (Lipinski definition) is 5. The zero-order chi connectivity index (χ0) is 19.4. The van der Waals surface area contributed by atoms with Gasteiger partial charge in [-0.2, -0.15) is 0 Å². The molecule has 1 fully saturated rings. The van der Waals surface area contributed by atoms with E-state index >= 15 is 0 Å². The lowest BCUT2D eigenvalue weighted by molar-refractivity contribution is 1.08. The van der Waals surface area contributed by atoms with Crippen molar-refractivity contribution in [2.45, 2.75) is 7.85 Å². The first kappa shape index (κ1) is 19.5. The molecule has 0 aromatic carbocycles. The van der Waals surface area contributed by atoms with Gasteiger partial charge in [-0.3, -0.25) is 0 Å². The summed E-state index contributed by atoms with van der Waals surface area (Å²) < 4.78 is 2.44. The Morgan fingerprint density at radius 3 is 1.43 bits per heavy atom. The number of hydrogen-bond donors (Lipinski definition) is 4. The van der Waals surface area contributed by atoms with Gasteiger partial charge >= 0.3 is 0 Å². The maximum Gasteiger partial charge on any atom is 0.148 e. The van der Waals surface area contributed by atoms with Crippen LogP contribution in [-0.2, 0) is 0 Å². The Bertz CT molecular complexity index is 1170. The summed E-state index contributed by atoms with van der Waals surface area (Å²) in [5, 5.41) is 3.36. The van der Waals surface area contributed by atoms with Crippen LogP contribution >= 0.6 is 90.4 Å². The summed E-state index contributed by atoms with van der Waals surface area (Å²) in [5.74, 6) is 4.73. The molecule has 2 aliphatic rings. The van der Waals surface area contributed by atoms with Crippen LogP contribution in [0.5, 0.6) is 0 Å². The SMILES string of the molecule is Ic1c(I)c2[nH]c1=Nc1ccc([nH]1)N=C1NC(=Nc3ccc([nH]3)N=2)C(I)C1I. The highest BCUT2D eigenvalue weighted by Crippen LogP contribution is 2.28. The number of rotatable bonds is 0. The minimum Gasteiger partial charge on any atom is -0.330 e. The highest BCUT2D eigenvalue weighted by atomic mass is 127. The molecule has 2 atom stereocenters. The van der Waals surface area contributed by atoms with E-state index in [9.17, 15) is 0 Å². The first-order chi connectivity index (χ1) is 13.5. The molecule has 2 aliphatic heterocycles. The molecule has 3 aromatic rings. The third-order valence-electron chi connectivity index (χ3n) is 4.14. The molecule has 0 spiro atoms. The van der Waals surface area contributed by atoms with Gasteiger partial charge in [0, 0.05) is 0 Å². The van der Waals surface area contributed by atoms with Crippen molar-refractivity contribution in [2.75, 3.05) is 0 Å². The van der Waals surface area contributed by atoms with Crippen molar-refractivity contribution < 1.29 is 0 Å². The lowest BCUT2D eigenvalue weighted by atomic mass is 10.3. The van der Waals surface area contributed by atoms with E-state index in [1.54, 1.807) is 0 Å². The molecule has 0 aliphatic carbocycles. The number of nitrogens with zero attached hydrogens (tertiary/aromatic N) is 4. The molecule has 28 heavy (non-hydrogen) atoms. The lowest BCUT2D eigenvalue weighted by Crippen LogP contribution is -2.23. The van der Waals surface area contributed by atoms with E-state index < -0.39 is 0 Å². The average molecular weight is 822 g/mol. The fourth-order valence-electron chi connectivity index (χ4n) is 2.82. The Morgan fingerprint density at radius 1 is 0.607 bits per heavy atom. The molecule has 8 bridgehead atoms. The van der Waals surface area contributed by atoms with Crippen LogP contribution in [0.4, 0.5) is 23.3 Å². The minimum absolute atomic E-state index is 0.198. The fraction of sp³-hybridized carbons (Fsp3) is 0.125. The first-order valence-corrected chi connectivity index (χ1v) is 12.7. The molecule has 4 N–H and O–H groups in total. The van der Waals surface area contributed by atoms with E-state index in [4.69, 9.17) is 20.0 Å². The summed E-state index contributed by atoms with van der Waals surface area (Å²) in [7, 11) is 0. The van der Waals surface area contributed by atoms with Crippen LogP contribution in [0.3, 0.4) is 0 Å². The number of aliphatic imine (C=N–C) groups is 2. The number of nitrogens with one attached hydrogen (secondary N) is 4. The third-order valence-corrected chi connectivity index (χ3v) is 11.3. The van der Waals surface area contributed by atoms with E-state index in [2.05, 4.69) is 111 Å². The summed E-state index contributed by atoms with van der Waals surface area (Å²) >= 11 is 9.36. The van der Waals surface area contributed by atoms with Gasteiger partial charge in [-0.15, -0.1) is 0 Å². The van der Waals surface area contributed by atoms with E-state index in [1.165, 1.54) is 0 Å². The van der Waals surface area contributed by atoms with Crippen LogP contribution in [0.15, 0.2) is 44.2 Å². The van der Waals surface area contributed by atoms with E-state index in [0.29, 0.717) is 0 Å². The van der Waals surface area contributed by atoms with Gasteiger partial charge in [0.2, 0.25) is 0 Å². The standard InChI is InChI=1S/C16H10I4N8/c17-9-10(18)15-25-7-3-4-8(22-7)26-16-12(20)11(19)14(28-16)24-6-2-1-5(21-6)23-13(9)27-15/h1-4,9-10,21-22H,(H,23,25,27)(H,24,26,28). The number of fused-ring (bicyclic) bond motifs is 8. The van der Waals surface area contributed by atoms with Crippen LogP contribution < -0.4 is 16.3 Å². The van der Waals surface area contributed by atoms with E-state index in [1.807, 2.05) is 24.3 Å². The van der Waals surface area contributed by atoms with Crippen molar-refractivity contribution >= 4 is 125 Å². The van der Waals surface area contributed by atoms with Crippen molar-refractivity contribution in [2.24, 2.45) is 20.0 Å². The van der Waals surface area contributed by atoms with Crippen molar-refractivity contribution in [1.29, 1.82) is 0 Å². The molecule has 5 heterocycles. The maximum absolute atomic E-state index is 4.74. The highest BCUT2D eigenvalue weighted by molar-refractivity contribution is 14.1. The second-order valence-electron chi connectivity index (χ2n) is 6.05. The van der Waals surface area contributed by atoms with Crippen LogP contribution in [0.2, 0.25) is 0 Å². The van der Waals surface area contributed by atoms with Gasteiger partial charge in [-0.1, -0.05) is 45.2 Å². The van der Waals surface area contributed by atoms with Gasteiger partial charge in [0.25, 0.3) is 0 Å². The molecule has 12 heteroatoms. The summed E-state index contributed by atoms with van der Waals surface area (Å²) in [6.07, 6.45) is 0. The zero-order valence-electron chi connectivity index (χ0n) is 13.8. The fourth-order valence-corrected chi connectivity index (χ4v) is 5.11. The van der Waals surface area contributed by atoms with Crippen LogP contribution in [0, 0.1) is 7.14 Å². The summed E-state index contributed by atoms with van der Waals surface area (Å²) in [6.45, 7) is 0. The maximum atomic E-state index is 4.74. The Morgan fingerprint density at radius 2 is 1.00 bits per heavy atom. The number of amidine groups is 2. The topological polar surface area (TPSA) is 109 Å². The van der Waals surface area contributed by atoms with Crippen LogP contribution in [0.1, 0.15) is 0 Å². The average Bonchev–Trinajstić information content (AvgIpc) is 3.41. The highest BCUT2D eigenvalue weighted by Gasteiger charge is 2.34. The molecule has 0 radical (unpaired) electrons. The molecule has 0 amide bonds.